The zero-order valence-corrected chi connectivity index (χ0v) is 8.14. The van der Waals surface area contributed by atoms with Gasteiger partial charge in [-0.2, -0.15) is 0 Å². The SMILES string of the molecule is CN(C(=O)S)c1ccc(Cl)cc1. The Bertz CT molecular complexity index is 286. The number of rotatable bonds is 1. The van der Waals surface area contributed by atoms with Crippen molar-refractivity contribution in [3.63, 3.8) is 0 Å². The number of carbonyl (C=O) groups is 1. The molecule has 0 N–H and O–H groups in total. The van der Waals surface area contributed by atoms with Crippen LogP contribution >= 0.6 is 24.2 Å². The van der Waals surface area contributed by atoms with Crippen LogP contribution in [-0.4, -0.2) is 12.3 Å². The summed E-state index contributed by atoms with van der Waals surface area (Å²) in [5.41, 5.74) is 0.777. The minimum atomic E-state index is -0.294. The average molecular weight is 202 g/mol. The van der Waals surface area contributed by atoms with E-state index in [1.165, 1.54) is 4.90 Å². The maximum Gasteiger partial charge on any atom is 0.282 e. The fourth-order valence-corrected chi connectivity index (χ4v) is 1.02. The number of hydrogen-bond donors (Lipinski definition) is 1. The molecule has 4 heteroatoms. The van der Waals surface area contributed by atoms with Crippen LogP contribution in [0.4, 0.5) is 10.5 Å². The molecule has 0 radical (unpaired) electrons. The van der Waals surface area contributed by atoms with Crippen LogP contribution in [0.1, 0.15) is 0 Å². The van der Waals surface area contributed by atoms with Gasteiger partial charge in [0.25, 0.3) is 5.24 Å². The normalized spacial score (nSPS) is 9.58. The van der Waals surface area contributed by atoms with Gasteiger partial charge >= 0.3 is 0 Å². The number of thiol groups is 1. The summed E-state index contributed by atoms with van der Waals surface area (Å²) in [7, 11) is 1.65. The van der Waals surface area contributed by atoms with E-state index >= 15 is 0 Å². The lowest BCUT2D eigenvalue weighted by atomic mass is 10.3. The van der Waals surface area contributed by atoms with Crippen molar-refractivity contribution in [2.75, 3.05) is 11.9 Å². The van der Waals surface area contributed by atoms with E-state index < -0.39 is 0 Å². The zero-order valence-electron chi connectivity index (χ0n) is 6.49. The van der Waals surface area contributed by atoms with E-state index in [0.29, 0.717) is 5.02 Å². The molecular weight excluding hydrogens is 194 g/mol. The molecule has 12 heavy (non-hydrogen) atoms. The predicted octanol–water partition coefficient (Wildman–Crippen LogP) is 2.83. The summed E-state index contributed by atoms with van der Waals surface area (Å²) in [5.74, 6) is 0. The molecule has 0 aromatic heterocycles. The monoisotopic (exact) mass is 201 g/mol. The van der Waals surface area contributed by atoms with Crippen molar-refractivity contribution in [3.8, 4) is 0 Å². The largest absolute Gasteiger partial charge is 0.307 e. The maximum absolute atomic E-state index is 10.8. The molecule has 0 bridgehead atoms. The third kappa shape index (κ3) is 2.16. The molecule has 1 amide bonds. The van der Waals surface area contributed by atoms with Gasteiger partial charge < -0.3 is 4.90 Å². The van der Waals surface area contributed by atoms with Crippen molar-refractivity contribution in [1.29, 1.82) is 0 Å². The second kappa shape index (κ2) is 3.83. The van der Waals surface area contributed by atoms with Crippen molar-refractivity contribution < 1.29 is 4.79 Å². The Morgan fingerprint density at radius 3 is 2.33 bits per heavy atom. The van der Waals surface area contributed by atoms with Crippen molar-refractivity contribution in [1.82, 2.24) is 0 Å². The van der Waals surface area contributed by atoms with Crippen molar-refractivity contribution in [2.45, 2.75) is 0 Å². The number of benzene rings is 1. The van der Waals surface area contributed by atoms with Gasteiger partial charge in [-0.1, -0.05) is 24.2 Å². The fraction of sp³-hybridized carbons (Fsp3) is 0.125. The van der Waals surface area contributed by atoms with E-state index in [4.69, 9.17) is 11.6 Å². The van der Waals surface area contributed by atoms with Crippen molar-refractivity contribution >= 4 is 35.2 Å². The molecule has 1 rings (SSSR count). The molecule has 0 atom stereocenters. The molecule has 0 saturated carbocycles. The first-order valence-electron chi connectivity index (χ1n) is 3.33. The number of nitrogens with zero attached hydrogens (tertiary/aromatic N) is 1. The zero-order chi connectivity index (χ0) is 9.14. The molecule has 64 valence electrons. The van der Waals surface area contributed by atoms with Gasteiger partial charge in [0.15, 0.2) is 0 Å². The molecule has 0 aliphatic rings. The van der Waals surface area contributed by atoms with Crippen LogP contribution < -0.4 is 4.90 Å². The Kier molecular flexibility index (Phi) is 3.00. The molecule has 2 nitrogen and oxygen atoms in total. The topological polar surface area (TPSA) is 20.3 Å². The smallest absolute Gasteiger partial charge is 0.282 e. The summed E-state index contributed by atoms with van der Waals surface area (Å²) < 4.78 is 0. The molecule has 0 aliphatic heterocycles. The number of anilines is 1. The van der Waals surface area contributed by atoms with Gasteiger partial charge in [0.2, 0.25) is 0 Å². The lowest BCUT2D eigenvalue weighted by Crippen LogP contribution is -2.19. The maximum atomic E-state index is 10.8. The summed E-state index contributed by atoms with van der Waals surface area (Å²) in [5, 5.41) is 0.357. The first-order chi connectivity index (χ1) is 5.61. The van der Waals surface area contributed by atoms with Gasteiger partial charge in [-0.25, -0.2) is 0 Å². The molecule has 0 heterocycles. The first-order valence-corrected chi connectivity index (χ1v) is 4.16. The number of hydrogen-bond acceptors (Lipinski definition) is 1. The summed E-state index contributed by atoms with van der Waals surface area (Å²) in [6.45, 7) is 0. The van der Waals surface area contributed by atoms with E-state index in [1.54, 1.807) is 31.3 Å². The van der Waals surface area contributed by atoms with E-state index in [1.807, 2.05) is 0 Å². The fourth-order valence-electron chi connectivity index (χ4n) is 0.775. The predicted molar refractivity (Wildman–Crippen MR) is 54.2 cm³/mol. The molecule has 0 fully saturated rings. The summed E-state index contributed by atoms with van der Waals surface area (Å²) in [6.07, 6.45) is 0. The molecule has 0 spiro atoms. The van der Waals surface area contributed by atoms with Crippen LogP contribution in [0.2, 0.25) is 5.02 Å². The summed E-state index contributed by atoms with van der Waals surface area (Å²) in [4.78, 5) is 12.2. The van der Waals surface area contributed by atoms with E-state index in [0.717, 1.165) is 5.69 Å². The van der Waals surface area contributed by atoms with Crippen LogP contribution in [0.5, 0.6) is 0 Å². The molecular formula is C8H8ClNOS. The van der Waals surface area contributed by atoms with Gasteiger partial charge in [0.1, 0.15) is 0 Å². The standard InChI is InChI=1S/C8H8ClNOS/c1-10(8(11)12)7-4-2-6(9)3-5-7/h2-5H,1H3,(H,11,12). The number of amides is 1. The highest BCUT2D eigenvalue weighted by molar-refractivity contribution is 7.96. The van der Waals surface area contributed by atoms with Crippen LogP contribution in [-0.2, 0) is 0 Å². The number of carbonyl (C=O) groups excluding carboxylic acids is 1. The lowest BCUT2D eigenvalue weighted by molar-refractivity contribution is 0.266. The van der Waals surface area contributed by atoms with Gasteiger partial charge in [0, 0.05) is 17.8 Å². The third-order valence-corrected chi connectivity index (χ3v) is 2.05. The van der Waals surface area contributed by atoms with Gasteiger partial charge in [0.05, 0.1) is 0 Å². The van der Waals surface area contributed by atoms with Crippen molar-refractivity contribution in [2.24, 2.45) is 0 Å². The highest BCUT2D eigenvalue weighted by Gasteiger charge is 2.04. The minimum Gasteiger partial charge on any atom is -0.307 e. The highest BCUT2D eigenvalue weighted by atomic mass is 35.5. The molecule has 1 aromatic carbocycles. The number of halogens is 1. The Morgan fingerprint density at radius 2 is 1.92 bits per heavy atom. The Morgan fingerprint density at radius 1 is 1.42 bits per heavy atom. The van der Waals surface area contributed by atoms with Gasteiger partial charge in [-0.3, -0.25) is 4.79 Å². The van der Waals surface area contributed by atoms with E-state index in [2.05, 4.69) is 12.6 Å². The second-order valence-electron chi connectivity index (χ2n) is 2.32. The second-order valence-corrected chi connectivity index (χ2v) is 3.14. The van der Waals surface area contributed by atoms with Gasteiger partial charge in [-0.15, -0.1) is 0 Å². The van der Waals surface area contributed by atoms with Crippen LogP contribution in [0.25, 0.3) is 0 Å². The van der Waals surface area contributed by atoms with E-state index in [-0.39, 0.29) is 5.24 Å². The average Bonchev–Trinajstić information content (AvgIpc) is 2.04. The van der Waals surface area contributed by atoms with Gasteiger partial charge in [-0.05, 0) is 24.3 Å². The molecule has 1 aromatic rings. The van der Waals surface area contributed by atoms with E-state index in [9.17, 15) is 4.79 Å². The Hall–Kier alpha value is -0.670. The minimum absolute atomic E-state index is 0.294. The Labute approximate surface area is 81.5 Å². The lowest BCUT2D eigenvalue weighted by Gasteiger charge is -2.13. The summed E-state index contributed by atoms with van der Waals surface area (Å²) >= 11 is 9.36. The highest BCUT2D eigenvalue weighted by Crippen LogP contribution is 2.17. The Balaban J connectivity index is 2.89. The third-order valence-electron chi connectivity index (χ3n) is 1.50. The van der Waals surface area contributed by atoms with Crippen molar-refractivity contribution in [3.05, 3.63) is 29.3 Å². The molecule has 0 unspecified atom stereocenters. The quantitative estimate of drug-likeness (QED) is 0.693. The summed E-state index contributed by atoms with van der Waals surface area (Å²) in [6, 6.07) is 6.97. The van der Waals surface area contributed by atoms with Crippen LogP contribution in [0.3, 0.4) is 0 Å². The van der Waals surface area contributed by atoms with Crippen LogP contribution in [0, 0.1) is 0 Å². The first kappa shape index (κ1) is 9.42. The molecule has 0 saturated heterocycles. The van der Waals surface area contributed by atoms with Crippen LogP contribution in [0.15, 0.2) is 24.3 Å². The molecule has 0 aliphatic carbocycles.